The number of nitrogens with zero attached hydrogens (tertiary/aromatic N) is 3. The number of benzene rings is 1. The minimum Gasteiger partial charge on any atom is -0.385 e. The normalized spacial score (nSPS) is 16.1. The molecule has 1 saturated carbocycles. The van der Waals surface area contributed by atoms with Crippen LogP contribution < -0.4 is 10.6 Å². The molecule has 1 aromatic heterocycles. The zero-order valence-electron chi connectivity index (χ0n) is 17.9. The molecule has 6 heteroatoms. The Kier molecular flexibility index (Phi) is 8.11. The van der Waals surface area contributed by atoms with Crippen molar-refractivity contribution in [1.82, 2.24) is 20.2 Å². The number of hydrogen-bond acceptors (Lipinski definition) is 3. The van der Waals surface area contributed by atoms with Gasteiger partial charge in [-0.05, 0) is 42.7 Å². The van der Waals surface area contributed by atoms with Gasteiger partial charge in [0.15, 0.2) is 5.96 Å². The highest BCUT2D eigenvalue weighted by Gasteiger charge is 2.33. The van der Waals surface area contributed by atoms with Crippen molar-refractivity contribution in [2.24, 2.45) is 10.4 Å². The summed E-state index contributed by atoms with van der Waals surface area (Å²) in [5, 5.41) is 6.99. The van der Waals surface area contributed by atoms with E-state index in [9.17, 15) is 0 Å². The van der Waals surface area contributed by atoms with Crippen LogP contribution in [0.5, 0.6) is 0 Å². The molecule has 1 aliphatic rings. The smallest absolute Gasteiger partial charge is 0.191 e. The van der Waals surface area contributed by atoms with E-state index < -0.39 is 0 Å². The summed E-state index contributed by atoms with van der Waals surface area (Å²) in [4.78, 5) is 8.90. The predicted molar refractivity (Wildman–Crippen MR) is 118 cm³/mol. The number of rotatable bonds is 10. The fourth-order valence-corrected chi connectivity index (χ4v) is 4.08. The van der Waals surface area contributed by atoms with Crippen molar-refractivity contribution >= 4 is 5.96 Å². The molecule has 3 rings (SSSR count). The summed E-state index contributed by atoms with van der Waals surface area (Å²) in [6, 6.07) is 8.67. The van der Waals surface area contributed by atoms with E-state index in [2.05, 4.69) is 51.4 Å². The lowest BCUT2D eigenvalue weighted by atomic mass is 9.83. The number of hydrogen-bond donors (Lipinski definition) is 2. The van der Waals surface area contributed by atoms with E-state index in [0.29, 0.717) is 12.0 Å². The molecular formula is C23H35N5O. The van der Waals surface area contributed by atoms with Crippen LogP contribution in [0.4, 0.5) is 0 Å². The zero-order chi connectivity index (χ0) is 20.4. The average molecular weight is 398 g/mol. The highest BCUT2D eigenvalue weighted by Crippen LogP contribution is 2.40. The molecule has 0 saturated heterocycles. The SMILES string of the molecule is CCNC(=NCc1ccc(Cn2ccnc2)cc1)NCC1(CCOC)CCCC1. The van der Waals surface area contributed by atoms with E-state index in [1.165, 1.54) is 36.8 Å². The molecule has 2 aromatic rings. The predicted octanol–water partition coefficient (Wildman–Crippen LogP) is 3.58. The maximum atomic E-state index is 5.35. The maximum absolute atomic E-state index is 5.35. The number of nitrogens with one attached hydrogen (secondary N) is 2. The van der Waals surface area contributed by atoms with E-state index >= 15 is 0 Å². The summed E-state index contributed by atoms with van der Waals surface area (Å²) in [5.74, 6) is 0.902. The Morgan fingerprint density at radius 3 is 2.59 bits per heavy atom. The summed E-state index contributed by atoms with van der Waals surface area (Å²) >= 11 is 0. The van der Waals surface area contributed by atoms with Crippen LogP contribution in [0.25, 0.3) is 0 Å². The lowest BCUT2D eigenvalue weighted by Crippen LogP contribution is -2.43. The van der Waals surface area contributed by atoms with Crippen LogP contribution in [0.15, 0.2) is 48.0 Å². The van der Waals surface area contributed by atoms with Crippen LogP contribution >= 0.6 is 0 Å². The fraction of sp³-hybridized carbons (Fsp3) is 0.565. The van der Waals surface area contributed by atoms with Crippen molar-refractivity contribution in [3.8, 4) is 0 Å². The van der Waals surface area contributed by atoms with E-state index in [4.69, 9.17) is 9.73 Å². The molecule has 6 nitrogen and oxygen atoms in total. The Labute approximate surface area is 174 Å². The van der Waals surface area contributed by atoms with Crippen LogP contribution in [0.1, 0.15) is 50.2 Å². The van der Waals surface area contributed by atoms with Crippen molar-refractivity contribution < 1.29 is 4.74 Å². The molecule has 0 spiro atoms. The molecule has 0 amide bonds. The van der Waals surface area contributed by atoms with Gasteiger partial charge in [0.25, 0.3) is 0 Å². The van der Waals surface area contributed by atoms with Crippen LogP contribution in [-0.2, 0) is 17.8 Å². The van der Waals surface area contributed by atoms with Gasteiger partial charge in [0.05, 0.1) is 12.9 Å². The van der Waals surface area contributed by atoms with Gasteiger partial charge in [0.1, 0.15) is 0 Å². The van der Waals surface area contributed by atoms with Gasteiger partial charge in [0.2, 0.25) is 0 Å². The number of aromatic nitrogens is 2. The Balaban J connectivity index is 1.55. The number of ether oxygens (including phenoxy) is 1. The molecule has 0 aliphatic heterocycles. The highest BCUT2D eigenvalue weighted by molar-refractivity contribution is 5.79. The Morgan fingerprint density at radius 2 is 1.93 bits per heavy atom. The summed E-state index contributed by atoms with van der Waals surface area (Å²) in [5.41, 5.74) is 2.83. The third-order valence-corrected chi connectivity index (χ3v) is 5.84. The second-order valence-corrected chi connectivity index (χ2v) is 8.05. The van der Waals surface area contributed by atoms with E-state index in [1.54, 1.807) is 7.11 Å². The van der Waals surface area contributed by atoms with E-state index in [1.807, 2.05) is 18.7 Å². The molecule has 29 heavy (non-hydrogen) atoms. The lowest BCUT2D eigenvalue weighted by molar-refractivity contribution is 0.138. The van der Waals surface area contributed by atoms with Gasteiger partial charge in [-0.2, -0.15) is 0 Å². The van der Waals surface area contributed by atoms with Gasteiger partial charge in [-0.1, -0.05) is 37.1 Å². The molecule has 1 fully saturated rings. The van der Waals surface area contributed by atoms with Gasteiger partial charge < -0.3 is 19.9 Å². The maximum Gasteiger partial charge on any atom is 0.191 e. The molecule has 1 heterocycles. The second kappa shape index (κ2) is 11.0. The van der Waals surface area contributed by atoms with Crippen molar-refractivity contribution in [1.29, 1.82) is 0 Å². The fourth-order valence-electron chi connectivity index (χ4n) is 4.08. The molecule has 0 unspecified atom stereocenters. The highest BCUT2D eigenvalue weighted by atomic mass is 16.5. The molecule has 2 N–H and O–H groups in total. The first kappa shape index (κ1) is 21.4. The zero-order valence-corrected chi connectivity index (χ0v) is 17.9. The van der Waals surface area contributed by atoms with Gasteiger partial charge >= 0.3 is 0 Å². The number of guanidine groups is 1. The van der Waals surface area contributed by atoms with Gasteiger partial charge in [0, 0.05) is 45.7 Å². The first-order valence-electron chi connectivity index (χ1n) is 10.8. The number of aliphatic imine (C=N–C) groups is 1. The van der Waals surface area contributed by atoms with Crippen molar-refractivity contribution in [3.63, 3.8) is 0 Å². The summed E-state index contributed by atoms with van der Waals surface area (Å²) in [6.07, 6.45) is 12.0. The van der Waals surface area contributed by atoms with Gasteiger partial charge in [-0.25, -0.2) is 9.98 Å². The first-order valence-corrected chi connectivity index (χ1v) is 10.8. The minimum absolute atomic E-state index is 0.348. The molecule has 1 aliphatic carbocycles. The van der Waals surface area contributed by atoms with E-state index in [-0.39, 0.29) is 0 Å². The van der Waals surface area contributed by atoms with Crippen LogP contribution in [-0.4, -0.2) is 42.3 Å². The Morgan fingerprint density at radius 1 is 1.17 bits per heavy atom. The topological polar surface area (TPSA) is 63.5 Å². The minimum atomic E-state index is 0.348. The monoisotopic (exact) mass is 397 g/mol. The summed E-state index contributed by atoms with van der Waals surface area (Å²) in [6.45, 7) is 6.29. The first-order chi connectivity index (χ1) is 14.2. The van der Waals surface area contributed by atoms with Gasteiger partial charge in [-0.15, -0.1) is 0 Å². The molecular weight excluding hydrogens is 362 g/mol. The van der Waals surface area contributed by atoms with Crippen LogP contribution in [0.2, 0.25) is 0 Å². The third kappa shape index (κ3) is 6.60. The van der Waals surface area contributed by atoms with Crippen molar-refractivity contribution in [2.45, 2.75) is 52.1 Å². The summed E-state index contributed by atoms with van der Waals surface area (Å²) < 4.78 is 7.42. The molecule has 0 bridgehead atoms. The van der Waals surface area contributed by atoms with E-state index in [0.717, 1.165) is 38.6 Å². The standard InChI is InChI=1S/C23H35N5O/c1-3-25-22(27-18-23(12-15-29-2)10-4-5-11-23)26-16-20-6-8-21(9-7-20)17-28-14-13-24-19-28/h6-9,13-14,19H,3-5,10-12,15-18H2,1-2H3,(H2,25,26,27). The molecule has 0 radical (unpaired) electrons. The number of methoxy groups -OCH3 is 1. The number of imidazole rings is 1. The Bertz CT molecular complexity index is 733. The van der Waals surface area contributed by atoms with Gasteiger partial charge in [-0.3, -0.25) is 0 Å². The van der Waals surface area contributed by atoms with Crippen molar-refractivity contribution in [3.05, 3.63) is 54.1 Å². The molecule has 1 aromatic carbocycles. The average Bonchev–Trinajstić information content (AvgIpc) is 3.42. The van der Waals surface area contributed by atoms with Crippen LogP contribution in [0.3, 0.4) is 0 Å². The third-order valence-electron chi connectivity index (χ3n) is 5.84. The molecule has 158 valence electrons. The second-order valence-electron chi connectivity index (χ2n) is 8.05. The summed E-state index contributed by atoms with van der Waals surface area (Å²) in [7, 11) is 1.79. The quantitative estimate of drug-likeness (QED) is 0.475. The van der Waals surface area contributed by atoms with Crippen LogP contribution in [0, 0.1) is 5.41 Å². The Hall–Kier alpha value is -2.34. The largest absolute Gasteiger partial charge is 0.385 e. The lowest BCUT2D eigenvalue weighted by Gasteiger charge is -2.30. The van der Waals surface area contributed by atoms with Crippen molar-refractivity contribution in [2.75, 3.05) is 26.8 Å². The molecule has 0 atom stereocenters.